The topological polar surface area (TPSA) is 78.9 Å². The van der Waals surface area contributed by atoms with Crippen molar-refractivity contribution >= 4 is 17.7 Å². The molecule has 1 saturated carbocycles. The highest BCUT2D eigenvalue weighted by atomic mass is 16.5. The van der Waals surface area contributed by atoms with Crippen LogP contribution in [0.2, 0.25) is 0 Å². The fraction of sp³-hybridized carbons (Fsp3) is 0.333. The predicted octanol–water partition coefficient (Wildman–Crippen LogP) is 2.33. The summed E-state index contributed by atoms with van der Waals surface area (Å²) in [6.07, 6.45) is 3.68. The van der Waals surface area contributed by atoms with Crippen molar-refractivity contribution in [1.29, 1.82) is 0 Å². The molecule has 0 spiro atoms. The summed E-state index contributed by atoms with van der Waals surface area (Å²) in [4.78, 5) is 24.5. The summed E-state index contributed by atoms with van der Waals surface area (Å²) in [7, 11) is 0. The van der Waals surface area contributed by atoms with Crippen LogP contribution in [0, 0.1) is 0 Å². The molecule has 0 saturated heterocycles. The summed E-state index contributed by atoms with van der Waals surface area (Å²) >= 11 is 0. The first-order valence-electron chi connectivity index (χ1n) is 6.74. The van der Waals surface area contributed by atoms with Crippen LogP contribution in [-0.2, 0) is 4.79 Å². The van der Waals surface area contributed by atoms with E-state index in [-0.39, 0.29) is 12.1 Å². The van der Waals surface area contributed by atoms with E-state index in [1.807, 2.05) is 0 Å². The number of nitrogens with one attached hydrogen (secondary N) is 1. The van der Waals surface area contributed by atoms with Crippen molar-refractivity contribution in [2.24, 2.45) is 0 Å². The summed E-state index contributed by atoms with van der Waals surface area (Å²) in [5.74, 6) is -0.731. The van der Waals surface area contributed by atoms with Crippen molar-refractivity contribution < 1.29 is 19.4 Å². The zero-order valence-electron chi connectivity index (χ0n) is 11.6. The first-order chi connectivity index (χ1) is 10.1. The van der Waals surface area contributed by atoms with Crippen molar-refractivity contribution in [3.8, 4) is 5.75 Å². The maximum atomic E-state index is 12.3. The quantitative estimate of drug-likeness (QED) is 0.755. The van der Waals surface area contributed by atoms with Crippen molar-refractivity contribution in [3.63, 3.8) is 0 Å². The van der Waals surface area contributed by atoms with Gasteiger partial charge in [0.2, 0.25) is 0 Å². The smallest absolute Gasteiger partial charge is 0.341 e. The predicted molar refractivity (Wildman–Crippen MR) is 78.5 cm³/mol. The number of carbonyl (C=O) groups excluding carboxylic acids is 1. The molecule has 0 bridgehead atoms. The lowest BCUT2D eigenvalue weighted by molar-refractivity contribution is -0.139. The van der Waals surface area contributed by atoms with Crippen molar-refractivity contribution in [3.05, 3.63) is 36.9 Å². The average Bonchev–Trinajstić information content (AvgIpc) is 3.28. The number of para-hydroxylation sites is 2. The Balaban J connectivity index is 2.05. The normalized spacial score (nSPS) is 13.3. The van der Waals surface area contributed by atoms with Gasteiger partial charge in [-0.1, -0.05) is 18.2 Å². The molecule has 0 radical (unpaired) electrons. The molecule has 1 fully saturated rings. The number of aliphatic carboxylic acids is 1. The summed E-state index contributed by atoms with van der Waals surface area (Å²) in [6, 6.07) is 6.79. The van der Waals surface area contributed by atoms with Crippen LogP contribution in [0.1, 0.15) is 12.8 Å². The molecule has 2 N–H and O–H groups in total. The van der Waals surface area contributed by atoms with Gasteiger partial charge in [0.25, 0.3) is 0 Å². The van der Waals surface area contributed by atoms with E-state index in [1.165, 1.54) is 0 Å². The monoisotopic (exact) mass is 290 g/mol. The number of anilines is 1. The maximum Gasteiger partial charge on any atom is 0.341 e. The largest absolute Gasteiger partial charge is 0.480 e. The molecule has 2 amide bonds. The van der Waals surface area contributed by atoms with Crippen LogP contribution in [0.4, 0.5) is 10.5 Å². The average molecular weight is 290 g/mol. The Labute approximate surface area is 123 Å². The highest BCUT2D eigenvalue weighted by Gasteiger charge is 2.32. The van der Waals surface area contributed by atoms with E-state index in [4.69, 9.17) is 9.84 Å². The summed E-state index contributed by atoms with van der Waals surface area (Å²) in [6.45, 7) is 3.68. The molecule has 0 aliphatic heterocycles. The molecule has 1 aromatic rings. The Hall–Kier alpha value is -2.50. The van der Waals surface area contributed by atoms with Crippen LogP contribution in [0.25, 0.3) is 0 Å². The zero-order chi connectivity index (χ0) is 15.2. The second-order valence-corrected chi connectivity index (χ2v) is 4.78. The summed E-state index contributed by atoms with van der Waals surface area (Å²) in [5, 5.41) is 11.4. The number of hydrogen-bond acceptors (Lipinski definition) is 3. The van der Waals surface area contributed by atoms with Crippen LogP contribution in [0.5, 0.6) is 5.75 Å². The SMILES string of the molecule is C=CCN(C(=O)Nc1ccccc1OCC(=O)O)C1CC1. The van der Waals surface area contributed by atoms with Gasteiger partial charge in [0, 0.05) is 12.6 Å². The van der Waals surface area contributed by atoms with Gasteiger partial charge in [-0.05, 0) is 25.0 Å². The standard InChI is InChI=1S/C15H18N2O4/c1-2-9-17(11-7-8-11)15(20)16-12-5-3-4-6-13(12)21-10-14(18)19/h2-6,11H,1,7-10H2,(H,16,20)(H,18,19). The summed E-state index contributed by atoms with van der Waals surface area (Å²) < 4.78 is 5.16. The number of nitrogens with zero attached hydrogens (tertiary/aromatic N) is 1. The molecule has 6 nitrogen and oxygen atoms in total. The number of ether oxygens (including phenoxy) is 1. The fourth-order valence-electron chi connectivity index (χ4n) is 1.95. The first-order valence-corrected chi connectivity index (χ1v) is 6.74. The van der Waals surface area contributed by atoms with Gasteiger partial charge in [-0.25, -0.2) is 9.59 Å². The van der Waals surface area contributed by atoms with E-state index in [9.17, 15) is 9.59 Å². The van der Waals surface area contributed by atoms with Crippen LogP contribution in [-0.4, -0.2) is 41.2 Å². The van der Waals surface area contributed by atoms with Crippen LogP contribution < -0.4 is 10.1 Å². The molecule has 6 heteroatoms. The Morgan fingerprint density at radius 1 is 1.43 bits per heavy atom. The number of amides is 2. The van der Waals surface area contributed by atoms with E-state index in [0.29, 0.717) is 18.0 Å². The number of urea groups is 1. The highest BCUT2D eigenvalue weighted by Crippen LogP contribution is 2.29. The molecule has 2 rings (SSSR count). The van der Waals surface area contributed by atoms with Gasteiger partial charge in [0.1, 0.15) is 5.75 Å². The highest BCUT2D eigenvalue weighted by molar-refractivity contribution is 5.91. The molecule has 0 heterocycles. The zero-order valence-corrected chi connectivity index (χ0v) is 11.6. The molecule has 1 aliphatic rings. The Kier molecular flexibility index (Phi) is 4.81. The second kappa shape index (κ2) is 6.78. The minimum Gasteiger partial charge on any atom is -0.480 e. The fourth-order valence-corrected chi connectivity index (χ4v) is 1.95. The summed E-state index contributed by atoms with van der Waals surface area (Å²) in [5.41, 5.74) is 0.457. The lowest BCUT2D eigenvalue weighted by atomic mass is 10.3. The van der Waals surface area contributed by atoms with Gasteiger partial charge < -0.3 is 20.1 Å². The minimum absolute atomic E-state index is 0.233. The Bertz CT molecular complexity index is 540. The van der Waals surface area contributed by atoms with Gasteiger partial charge in [-0.2, -0.15) is 0 Å². The first kappa shape index (κ1) is 14.9. The van der Waals surface area contributed by atoms with E-state index in [1.54, 1.807) is 35.2 Å². The molecule has 0 atom stereocenters. The van der Waals surface area contributed by atoms with Crippen molar-refractivity contribution in [2.45, 2.75) is 18.9 Å². The third-order valence-electron chi connectivity index (χ3n) is 3.05. The van der Waals surface area contributed by atoms with E-state index >= 15 is 0 Å². The van der Waals surface area contributed by atoms with Crippen molar-refractivity contribution in [1.82, 2.24) is 4.90 Å². The number of carbonyl (C=O) groups is 2. The lowest BCUT2D eigenvalue weighted by Crippen LogP contribution is -2.36. The molecule has 0 aromatic heterocycles. The molecule has 0 unspecified atom stereocenters. The number of hydrogen-bond donors (Lipinski definition) is 2. The molecule has 112 valence electrons. The Morgan fingerprint density at radius 2 is 2.14 bits per heavy atom. The van der Waals surface area contributed by atoms with Gasteiger partial charge in [-0.3, -0.25) is 0 Å². The van der Waals surface area contributed by atoms with Gasteiger partial charge in [0.15, 0.2) is 6.61 Å². The van der Waals surface area contributed by atoms with Crippen LogP contribution in [0.15, 0.2) is 36.9 Å². The number of carboxylic acid groups (broad SMARTS) is 1. The number of carboxylic acids is 1. The van der Waals surface area contributed by atoms with Gasteiger partial charge >= 0.3 is 12.0 Å². The molecule has 1 aliphatic carbocycles. The van der Waals surface area contributed by atoms with E-state index < -0.39 is 12.6 Å². The molecule has 1 aromatic carbocycles. The third kappa shape index (κ3) is 4.24. The molecular weight excluding hydrogens is 272 g/mol. The maximum absolute atomic E-state index is 12.3. The van der Waals surface area contributed by atoms with E-state index in [2.05, 4.69) is 11.9 Å². The molecule has 21 heavy (non-hydrogen) atoms. The van der Waals surface area contributed by atoms with Crippen LogP contribution in [0.3, 0.4) is 0 Å². The van der Waals surface area contributed by atoms with E-state index in [0.717, 1.165) is 12.8 Å². The second-order valence-electron chi connectivity index (χ2n) is 4.78. The molecular formula is C15H18N2O4. The van der Waals surface area contributed by atoms with Crippen molar-refractivity contribution in [2.75, 3.05) is 18.5 Å². The van der Waals surface area contributed by atoms with Gasteiger partial charge in [-0.15, -0.1) is 6.58 Å². The van der Waals surface area contributed by atoms with Crippen LogP contribution >= 0.6 is 0 Å². The number of benzene rings is 1. The Morgan fingerprint density at radius 3 is 2.76 bits per heavy atom. The van der Waals surface area contributed by atoms with Gasteiger partial charge in [0.05, 0.1) is 5.69 Å². The third-order valence-corrected chi connectivity index (χ3v) is 3.05. The lowest BCUT2D eigenvalue weighted by Gasteiger charge is -2.22. The number of rotatable bonds is 7. The minimum atomic E-state index is -1.07.